The normalized spacial score (nSPS) is 16.2. The summed E-state index contributed by atoms with van der Waals surface area (Å²) < 4.78 is 22.8. The Labute approximate surface area is 672 Å². The minimum atomic E-state index is 0.156. The lowest BCUT2D eigenvalue weighted by atomic mass is 9.81. The van der Waals surface area contributed by atoms with E-state index < -0.39 is 0 Å². The van der Waals surface area contributed by atoms with Gasteiger partial charge in [-0.15, -0.1) is 0 Å². The highest BCUT2D eigenvalue weighted by Crippen LogP contribution is 2.51. The largest absolute Gasteiger partial charge is 0.496 e. The first-order valence-corrected chi connectivity index (χ1v) is 40.4. The summed E-state index contributed by atoms with van der Waals surface area (Å²) in [6.07, 6.45) is 9.51. The average molecular weight is 1500 g/mol. The molecule has 10 aromatic carbocycles. The van der Waals surface area contributed by atoms with Crippen LogP contribution in [0.15, 0.2) is 219 Å². The third-order valence-electron chi connectivity index (χ3n) is 23.4. The molecule has 0 saturated carbocycles. The topological polar surface area (TPSA) is 62.8 Å². The van der Waals surface area contributed by atoms with Gasteiger partial charge in [0.2, 0.25) is 0 Å². The van der Waals surface area contributed by atoms with Gasteiger partial charge in [0.25, 0.3) is 0 Å². The molecule has 4 aliphatic rings. The molecular weight excluding hydrogens is 1380 g/mol. The van der Waals surface area contributed by atoms with Gasteiger partial charge in [0, 0.05) is 89.6 Å². The number of nitrogens with zero attached hydrogens (tertiary/aromatic N) is 8. The summed E-state index contributed by atoms with van der Waals surface area (Å²) >= 11 is 0. The lowest BCUT2D eigenvalue weighted by Gasteiger charge is -2.32. The van der Waals surface area contributed by atoms with Gasteiger partial charge in [0.05, 0.1) is 56.9 Å². The molecule has 588 valence electrons. The molecule has 0 bridgehead atoms. The molecule has 4 atom stereocenters. The molecule has 4 aliphatic heterocycles. The van der Waals surface area contributed by atoms with Gasteiger partial charge in [-0.05, 0) is 244 Å². The second kappa shape index (κ2) is 35.3. The van der Waals surface area contributed by atoms with Crippen molar-refractivity contribution in [2.45, 2.75) is 199 Å². The Balaban J connectivity index is 0.000000152. The molecule has 0 fully saturated rings. The number of para-hydroxylation sites is 6. The monoisotopic (exact) mass is 1500 g/mol. The van der Waals surface area contributed by atoms with Crippen molar-refractivity contribution in [3.63, 3.8) is 0 Å². The number of benzene rings is 10. The third kappa shape index (κ3) is 16.5. The maximum absolute atomic E-state index is 5.98. The minimum Gasteiger partial charge on any atom is -0.496 e. The van der Waals surface area contributed by atoms with Gasteiger partial charge in [-0.1, -0.05) is 180 Å². The van der Waals surface area contributed by atoms with Gasteiger partial charge in [-0.25, -0.2) is 0 Å². The molecule has 10 aromatic rings. The maximum Gasteiger partial charge on any atom is 0.124 e. The summed E-state index contributed by atoms with van der Waals surface area (Å²) in [7, 11) is 11.3. The molecule has 12 nitrogen and oxygen atoms in total. The number of hydrogen-bond acceptors (Lipinski definition) is 12. The quantitative estimate of drug-likeness (QED) is 0.0822. The van der Waals surface area contributed by atoms with Gasteiger partial charge in [0.1, 0.15) is 47.7 Å². The van der Waals surface area contributed by atoms with Crippen molar-refractivity contribution < 1.29 is 18.9 Å². The van der Waals surface area contributed by atoms with Crippen LogP contribution in [0.5, 0.6) is 23.0 Å². The fraction of sp³-hybridized carbons (Fsp3) is 0.360. The zero-order valence-corrected chi connectivity index (χ0v) is 71.8. The van der Waals surface area contributed by atoms with Crippen LogP contribution in [0.4, 0.5) is 56.9 Å². The first-order chi connectivity index (χ1) is 53.6. The highest BCUT2D eigenvalue weighted by atomic mass is 16.5. The summed E-state index contributed by atoms with van der Waals surface area (Å²) in [6.45, 7) is 45.1. The number of methoxy groups -OCH3 is 4. The second-order valence-corrected chi connectivity index (χ2v) is 32.3. The van der Waals surface area contributed by atoms with Crippen LogP contribution >= 0.6 is 0 Å². The molecule has 4 heterocycles. The van der Waals surface area contributed by atoms with Crippen LogP contribution in [0.2, 0.25) is 0 Å². The van der Waals surface area contributed by atoms with E-state index in [0.717, 1.165) is 34.1 Å². The molecule has 14 rings (SSSR count). The molecule has 0 unspecified atom stereocenters. The Hall–Kier alpha value is -10.7. The second-order valence-electron chi connectivity index (χ2n) is 32.3. The van der Waals surface area contributed by atoms with E-state index in [1.54, 1.807) is 28.4 Å². The van der Waals surface area contributed by atoms with Crippen molar-refractivity contribution in [1.82, 2.24) is 0 Å². The Morgan fingerprint density at radius 1 is 0.268 bits per heavy atom. The van der Waals surface area contributed by atoms with E-state index in [9.17, 15) is 0 Å². The zero-order chi connectivity index (χ0) is 80.8. The summed E-state index contributed by atoms with van der Waals surface area (Å²) in [5.74, 6) is 6.42. The van der Waals surface area contributed by atoms with Crippen molar-refractivity contribution >= 4 is 56.9 Å². The molecule has 112 heavy (non-hydrogen) atoms. The predicted molar refractivity (Wildman–Crippen MR) is 479 cm³/mol. The number of hydrogen-bond donors (Lipinski definition) is 0. The Kier molecular flexibility index (Phi) is 25.9. The first-order valence-electron chi connectivity index (χ1n) is 40.4. The first kappa shape index (κ1) is 82.2. The molecule has 0 spiro atoms. The fourth-order valence-corrected chi connectivity index (χ4v) is 16.5. The fourth-order valence-electron chi connectivity index (χ4n) is 16.5. The van der Waals surface area contributed by atoms with Crippen molar-refractivity contribution in [2.75, 3.05) is 81.7 Å². The summed E-state index contributed by atoms with van der Waals surface area (Å²) in [6, 6.07) is 69.6. The van der Waals surface area contributed by atoms with Crippen molar-refractivity contribution in [3.8, 4) is 45.3 Å². The van der Waals surface area contributed by atoms with Crippen LogP contribution in [-0.2, 0) is 0 Å². The SMILES string of the molecule is COc1cc(-c2c(C(C)C)cc(C(C)C)cc2C(C)C)cc(N2C=CN(c3ccccc3)[C@H]2C)c1C.COc1cc(-c2c(C(C)C)cc(C(C)C)cc2C(C)C)cc(N2c3ccccc3N(C)[C@H]2C)c1C.COc1cccc(N2C=CN(c3ccccc3)[C@H]2C)c1C.COc1cccc(N2c3ccccc3N(C)[C@H]2C)c1C. The maximum atomic E-state index is 5.98. The average Bonchev–Trinajstić information content (AvgIpc) is 1.50. The van der Waals surface area contributed by atoms with Gasteiger partial charge in [-0.2, -0.15) is 0 Å². The number of rotatable bonds is 18. The van der Waals surface area contributed by atoms with Crippen LogP contribution in [0.1, 0.15) is 202 Å². The highest BCUT2D eigenvalue weighted by molar-refractivity contribution is 5.89. The molecule has 12 heteroatoms. The van der Waals surface area contributed by atoms with E-state index in [1.807, 2.05) is 24.3 Å². The number of fused-ring (bicyclic) bond motifs is 2. The van der Waals surface area contributed by atoms with E-state index in [2.05, 4.69) is 386 Å². The Morgan fingerprint density at radius 3 is 0.929 bits per heavy atom. The predicted octanol–water partition coefficient (Wildman–Crippen LogP) is 26.2. The van der Waals surface area contributed by atoms with E-state index in [1.165, 1.54) is 124 Å². The summed E-state index contributed by atoms with van der Waals surface area (Å²) in [4.78, 5) is 18.7. The zero-order valence-electron chi connectivity index (χ0n) is 71.8. The molecule has 0 amide bonds. The minimum absolute atomic E-state index is 0.156. The van der Waals surface area contributed by atoms with Gasteiger partial charge in [0.15, 0.2) is 0 Å². The Bertz CT molecular complexity index is 4910. The van der Waals surface area contributed by atoms with Gasteiger partial charge >= 0.3 is 0 Å². The van der Waals surface area contributed by atoms with E-state index in [-0.39, 0.29) is 18.5 Å². The van der Waals surface area contributed by atoms with Crippen LogP contribution in [0.25, 0.3) is 22.3 Å². The third-order valence-corrected chi connectivity index (χ3v) is 23.4. The van der Waals surface area contributed by atoms with Crippen LogP contribution in [-0.4, -0.2) is 67.2 Å². The molecule has 0 radical (unpaired) electrons. The lowest BCUT2D eigenvalue weighted by molar-refractivity contribution is 0.411. The van der Waals surface area contributed by atoms with Crippen molar-refractivity contribution in [2.24, 2.45) is 0 Å². The van der Waals surface area contributed by atoms with E-state index in [4.69, 9.17) is 18.9 Å². The van der Waals surface area contributed by atoms with Crippen LogP contribution in [0.3, 0.4) is 0 Å². The van der Waals surface area contributed by atoms with Crippen LogP contribution in [0, 0.1) is 27.7 Å². The Morgan fingerprint density at radius 2 is 0.562 bits per heavy atom. The number of ether oxygens (including phenoxy) is 4. The number of anilines is 10. The molecule has 0 saturated heterocycles. The van der Waals surface area contributed by atoms with E-state index in [0.29, 0.717) is 41.7 Å². The molecule has 0 N–H and O–H groups in total. The van der Waals surface area contributed by atoms with E-state index >= 15 is 0 Å². The highest BCUT2D eigenvalue weighted by Gasteiger charge is 2.36. The molecular formula is C100H124N8O4. The lowest BCUT2D eigenvalue weighted by Crippen LogP contribution is -2.36. The summed E-state index contributed by atoms with van der Waals surface area (Å²) in [5.41, 5.74) is 30.5. The van der Waals surface area contributed by atoms with Gasteiger partial charge < -0.3 is 58.1 Å². The van der Waals surface area contributed by atoms with Crippen molar-refractivity contribution in [3.05, 3.63) is 275 Å². The summed E-state index contributed by atoms with van der Waals surface area (Å²) in [5, 5.41) is 0. The smallest absolute Gasteiger partial charge is 0.124 e. The molecule has 0 aliphatic carbocycles. The molecule has 0 aromatic heterocycles. The standard InChI is InChI=1S/C33H42N2O.C32H42N2O.C18H20N2O.C17H20N2O/c1-21(2)26-17-29(22(3)4)33(30(18-26)23(5)6)27-19-31(24(7)32(20-27)36-9)35-16-15-34(25(35)8)28-13-11-10-12-14-28;1-19(2)24-15-26(20(3)4)32(27(16-24)21(5)6)25-17-30(22(7)31(18-25)35-10)34-23(8)33(9)28-13-11-12-14-29(28)34;1-14-17(10-7-11-18(14)21-3)20-13-12-19(15(20)2)16-8-5-4-6-9-16;1-12-14(10-7-11-17(12)20-4)19-13(2)18(3)15-8-5-6-9-16(15)19/h10-23,25H,1-9H3;11-21,23H,1-10H3;4-13,15H,1-3H3;5-11,13H,1-4H3/t25-;23-;15-;13-/m1111/s1. The van der Waals surface area contributed by atoms with Crippen molar-refractivity contribution in [1.29, 1.82) is 0 Å². The van der Waals surface area contributed by atoms with Crippen LogP contribution < -0.4 is 58.1 Å². The van der Waals surface area contributed by atoms with Gasteiger partial charge in [-0.3, -0.25) is 0 Å².